The molecule has 0 aromatic heterocycles. The molecule has 0 radical (unpaired) electrons. The van der Waals surface area contributed by atoms with Crippen molar-refractivity contribution in [3.05, 3.63) is 35.9 Å². The number of aryl methyl sites for hydroxylation is 1. The third-order valence-electron chi connectivity index (χ3n) is 4.89. The molecule has 2 saturated carbocycles. The van der Waals surface area contributed by atoms with E-state index in [1.54, 1.807) is 0 Å². The number of nitrogens with one attached hydrogen (secondary N) is 1. The monoisotopic (exact) mass is 287 g/mol. The van der Waals surface area contributed by atoms with Crippen LogP contribution in [0.1, 0.15) is 31.2 Å². The highest BCUT2D eigenvalue weighted by molar-refractivity contribution is 5.87. The van der Waals surface area contributed by atoms with Crippen LogP contribution in [0, 0.1) is 17.8 Å². The third kappa shape index (κ3) is 3.09. The molecule has 112 valence electrons. The van der Waals surface area contributed by atoms with Gasteiger partial charge >= 0.3 is 5.97 Å². The van der Waals surface area contributed by atoms with E-state index in [-0.39, 0.29) is 11.8 Å². The first-order valence-electron chi connectivity index (χ1n) is 7.74. The molecular weight excluding hydrogens is 266 g/mol. The predicted octanol–water partition coefficient (Wildman–Crippen LogP) is 2.23. The zero-order valence-electron chi connectivity index (χ0n) is 12.0. The average molecular weight is 287 g/mol. The molecular formula is C17H21NO3. The Morgan fingerprint density at radius 3 is 2.48 bits per heavy atom. The molecule has 2 aliphatic carbocycles. The van der Waals surface area contributed by atoms with Crippen LogP contribution in [0.15, 0.2) is 30.3 Å². The van der Waals surface area contributed by atoms with Crippen LogP contribution in [-0.4, -0.2) is 23.0 Å². The molecule has 0 bridgehead atoms. The molecule has 1 aromatic rings. The summed E-state index contributed by atoms with van der Waals surface area (Å²) in [6.45, 7) is 0. The Kier molecular flexibility index (Phi) is 3.95. The largest absolute Gasteiger partial charge is 0.480 e. The summed E-state index contributed by atoms with van der Waals surface area (Å²) in [5, 5.41) is 12.0. The van der Waals surface area contributed by atoms with Crippen molar-refractivity contribution in [1.82, 2.24) is 5.32 Å². The van der Waals surface area contributed by atoms with Crippen molar-refractivity contribution in [3.8, 4) is 0 Å². The maximum atomic E-state index is 12.2. The lowest BCUT2D eigenvalue weighted by Gasteiger charge is -2.15. The lowest BCUT2D eigenvalue weighted by atomic mass is 10.0. The van der Waals surface area contributed by atoms with Gasteiger partial charge in [0.2, 0.25) is 5.91 Å². The van der Waals surface area contributed by atoms with Gasteiger partial charge in [0.25, 0.3) is 0 Å². The van der Waals surface area contributed by atoms with Gasteiger partial charge in [-0.25, -0.2) is 4.79 Å². The Morgan fingerprint density at radius 1 is 1.19 bits per heavy atom. The molecule has 3 rings (SSSR count). The van der Waals surface area contributed by atoms with Crippen LogP contribution in [0.25, 0.3) is 0 Å². The molecule has 3 atom stereocenters. The maximum Gasteiger partial charge on any atom is 0.326 e. The second kappa shape index (κ2) is 5.88. The van der Waals surface area contributed by atoms with Crippen LogP contribution in [0.5, 0.6) is 0 Å². The summed E-state index contributed by atoms with van der Waals surface area (Å²) in [7, 11) is 0. The molecule has 2 aliphatic rings. The van der Waals surface area contributed by atoms with E-state index in [1.807, 2.05) is 30.3 Å². The normalized spacial score (nSPS) is 27.7. The fourth-order valence-electron chi connectivity index (χ4n) is 3.69. The van der Waals surface area contributed by atoms with E-state index >= 15 is 0 Å². The van der Waals surface area contributed by atoms with Gasteiger partial charge in [-0.15, -0.1) is 0 Å². The topological polar surface area (TPSA) is 66.4 Å². The first-order chi connectivity index (χ1) is 10.2. The number of aliphatic carboxylic acids is 1. The fourth-order valence-corrected chi connectivity index (χ4v) is 3.69. The lowest BCUT2D eigenvalue weighted by molar-refractivity contribution is -0.142. The van der Waals surface area contributed by atoms with Gasteiger partial charge in [0, 0.05) is 5.92 Å². The summed E-state index contributed by atoms with van der Waals surface area (Å²) in [5.41, 5.74) is 1.10. The summed E-state index contributed by atoms with van der Waals surface area (Å²) < 4.78 is 0. The first kappa shape index (κ1) is 14.1. The first-order valence-corrected chi connectivity index (χ1v) is 7.74. The van der Waals surface area contributed by atoms with Crippen LogP contribution in [0.4, 0.5) is 0 Å². The van der Waals surface area contributed by atoms with Crippen molar-refractivity contribution in [2.75, 3.05) is 0 Å². The predicted molar refractivity (Wildman–Crippen MR) is 78.7 cm³/mol. The fraction of sp³-hybridized carbons (Fsp3) is 0.529. The van der Waals surface area contributed by atoms with Gasteiger partial charge < -0.3 is 10.4 Å². The van der Waals surface area contributed by atoms with E-state index in [9.17, 15) is 14.7 Å². The van der Waals surface area contributed by atoms with E-state index in [1.165, 1.54) is 6.42 Å². The molecule has 0 aliphatic heterocycles. The third-order valence-corrected chi connectivity index (χ3v) is 4.89. The number of benzene rings is 1. The van der Waals surface area contributed by atoms with Crippen molar-refractivity contribution < 1.29 is 14.7 Å². The molecule has 21 heavy (non-hydrogen) atoms. The van der Waals surface area contributed by atoms with Gasteiger partial charge in [-0.1, -0.05) is 36.8 Å². The van der Waals surface area contributed by atoms with Crippen molar-refractivity contribution in [1.29, 1.82) is 0 Å². The van der Waals surface area contributed by atoms with Crippen LogP contribution in [0.3, 0.4) is 0 Å². The highest BCUT2D eigenvalue weighted by Crippen LogP contribution is 2.57. The highest BCUT2D eigenvalue weighted by Gasteiger charge is 2.56. The Bertz CT molecular complexity index is 518. The van der Waals surface area contributed by atoms with E-state index in [2.05, 4.69) is 5.32 Å². The number of carbonyl (C=O) groups is 2. The molecule has 2 fully saturated rings. The van der Waals surface area contributed by atoms with Gasteiger partial charge in [0.05, 0.1) is 0 Å². The summed E-state index contributed by atoms with van der Waals surface area (Å²) >= 11 is 0. The number of carbonyl (C=O) groups excluding carboxylic acids is 1. The number of carboxylic acid groups (broad SMARTS) is 1. The van der Waals surface area contributed by atoms with Gasteiger partial charge in [0.1, 0.15) is 6.04 Å². The summed E-state index contributed by atoms with van der Waals surface area (Å²) in [4.78, 5) is 23.5. The summed E-state index contributed by atoms with van der Waals surface area (Å²) in [6, 6.07) is 8.99. The number of rotatable bonds is 6. The molecule has 4 nitrogen and oxygen atoms in total. The quantitative estimate of drug-likeness (QED) is 0.843. The van der Waals surface area contributed by atoms with Crippen molar-refractivity contribution in [3.63, 3.8) is 0 Å². The van der Waals surface area contributed by atoms with Crippen molar-refractivity contribution in [2.24, 2.45) is 17.8 Å². The number of hydrogen-bond donors (Lipinski definition) is 2. The Labute approximate surface area is 124 Å². The van der Waals surface area contributed by atoms with Gasteiger partial charge in [-0.05, 0) is 43.1 Å². The minimum absolute atomic E-state index is 0.0508. The van der Waals surface area contributed by atoms with Crippen LogP contribution < -0.4 is 5.32 Å². The van der Waals surface area contributed by atoms with E-state index in [4.69, 9.17) is 0 Å². The zero-order chi connectivity index (χ0) is 14.8. The van der Waals surface area contributed by atoms with E-state index in [0.717, 1.165) is 18.4 Å². The molecule has 2 N–H and O–H groups in total. The molecule has 0 spiro atoms. The molecule has 4 heteroatoms. The van der Waals surface area contributed by atoms with Gasteiger partial charge in [-0.3, -0.25) is 4.79 Å². The van der Waals surface area contributed by atoms with E-state index in [0.29, 0.717) is 24.7 Å². The minimum Gasteiger partial charge on any atom is -0.480 e. The molecule has 0 saturated heterocycles. The molecule has 0 heterocycles. The highest BCUT2D eigenvalue weighted by atomic mass is 16.4. The second-order valence-corrected chi connectivity index (χ2v) is 6.21. The molecule has 1 aromatic carbocycles. The van der Waals surface area contributed by atoms with Crippen LogP contribution >= 0.6 is 0 Å². The summed E-state index contributed by atoms with van der Waals surface area (Å²) in [6.07, 6.45) is 4.58. The standard InChI is InChI=1S/C17H21NO3/c19-16(15-12-7-4-8-13(12)15)18-14(17(20)21)10-9-11-5-2-1-3-6-11/h1-3,5-6,12-15H,4,7-10H2,(H,18,19)(H,20,21). The number of carboxylic acids is 1. The Morgan fingerprint density at radius 2 is 1.86 bits per heavy atom. The van der Waals surface area contributed by atoms with Gasteiger partial charge in [-0.2, -0.15) is 0 Å². The smallest absolute Gasteiger partial charge is 0.326 e. The maximum absolute atomic E-state index is 12.2. The Balaban J connectivity index is 1.52. The van der Waals surface area contributed by atoms with Gasteiger partial charge in [0.15, 0.2) is 0 Å². The number of hydrogen-bond acceptors (Lipinski definition) is 2. The molecule has 1 amide bonds. The minimum atomic E-state index is -0.940. The SMILES string of the molecule is O=C(O)C(CCc1ccccc1)NC(=O)C1C2CCCC21. The lowest BCUT2D eigenvalue weighted by Crippen LogP contribution is -2.42. The second-order valence-electron chi connectivity index (χ2n) is 6.21. The van der Waals surface area contributed by atoms with Crippen molar-refractivity contribution in [2.45, 2.75) is 38.1 Å². The summed E-state index contributed by atoms with van der Waals surface area (Å²) in [5.74, 6) is 0.134. The number of fused-ring (bicyclic) bond motifs is 1. The Hall–Kier alpha value is -1.84. The zero-order valence-corrected chi connectivity index (χ0v) is 12.0. The molecule has 3 unspecified atom stereocenters. The average Bonchev–Trinajstić information content (AvgIpc) is 2.97. The van der Waals surface area contributed by atoms with Crippen LogP contribution in [-0.2, 0) is 16.0 Å². The van der Waals surface area contributed by atoms with E-state index < -0.39 is 12.0 Å². The number of amides is 1. The van der Waals surface area contributed by atoms with Crippen molar-refractivity contribution >= 4 is 11.9 Å². The van der Waals surface area contributed by atoms with Crippen LogP contribution in [0.2, 0.25) is 0 Å².